The van der Waals surface area contributed by atoms with Gasteiger partial charge in [0, 0.05) is 12.2 Å². The molecule has 1 amide bonds. The van der Waals surface area contributed by atoms with Crippen molar-refractivity contribution in [2.75, 3.05) is 11.9 Å². The lowest BCUT2D eigenvalue weighted by molar-refractivity contribution is 0.0949. The summed E-state index contributed by atoms with van der Waals surface area (Å²) in [5.74, 6) is -0.528. The van der Waals surface area contributed by atoms with E-state index in [1.165, 1.54) is 11.6 Å². The molecule has 138 valence electrons. The van der Waals surface area contributed by atoms with Crippen LogP contribution in [0.5, 0.6) is 0 Å². The number of benzene rings is 2. The van der Waals surface area contributed by atoms with Crippen molar-refractivity contribution >= 4 is 17.3 Å². The van der Waals surface area contributed by atoms with E-state index >= 15 is 0 Å². The second-order valence-electron chi connectivity index (χ2n) is 6.17. The third-order valence-corrected chi connectivity index (χ3v) is 4.31. The molecule has 3 rings (SSSR count). The predicted octanol–water partition coefficient (Wildman–Crippen LogP) is 4.50. The average molecular weight is 363 g/mol. The van der Waals surface area contributed by atoms with E-state index in [1.54, 1.807) is 30.5 Å². The van der Waals surface area contributed by atoms with Crippen molar-refractivity contribution < 1.29 is 9.18 Å². The molecular weight excluding hydrogens is 341 g/mol. The Morgan fingerprint density at radius 1 is 1.00 bits per heavy atom. The van der Waals surface area contributed by atoms with E-state index in [0.29, 0.717) is 24.2 Å². The normalized spacial score (nSPS) is 10.4. The first kappa shape index (κ1) is 18.6. The SMILES string of the molecule is CCc1ccccc1Nc1ccc(C(=O)NCCc2ccccc2F)nc1. The van der Waals surface area contributed by atoms with Crippen molar-refractivity contribution in [3.8, 4) is 0 Å². The number of para-hydroxylation sites is 1. The number of anilines is 2. The molecule has 0 aliphatic heterocycles. The Balaban J connectivity index is 1.56. The van der Waals surface area contributed by atoms with Gasteiger partial charge in [0.05, 0.1) is 11.9 Å². The zero-order valence-corrected chi connectivity index (χ0v) is 15.2. The molecule has 2 N–H and O–H groups in total. The molecule has 0 saturated heterocycles. The minimum absolute atomic E-state index is 0.257. The van der Waals surface area contributed by atoms with Crippen LogP contribution >= 0.6 is 0 Å². The molecule has 27 heavy (non-hydrogen) atoms. The third kappa shape index (κ3) is 4.91. The summed E-state index contributed by atoms with van der Waals surface area (Å²) in [6.07, 6.45) is 3.00. The Bertz CT molecular complexity index is 909. The van der Waals surface area contributed by atoms with E-state index in [2.05, 4.69) is 28.6 Å². The molecular formula is C22H22FN3O. The van der Waals surface area contributed by atoms with Gasteiger partial charge in [-0.2, -0.15) is 0 Å². The lowest BCUT2D eigenvalue weighted by atomic mass is 10.1. The van der Waals surface area contributed by atoms with E-state index in [0.717, 1.165) is 17.8 Å². The van der Waals surface area contributed by atoms with Gasteiger partial charge in [0.2, 0.25) is 0 Å². The van der Waals surface area contributed by atoms with Crippen molar-refractivity contribution in [3.05, 3.63) is 89.5 Å². The molecule has 2 aromatic carbocycles. The van der Waals surface area contributed by atoms with Gasteiger partial charge >= 0.3 is 0 Å². The van der Waals surface area contributed by atoms with Gasteiger partial charge in [-0.3, -0.25) is 4.79 Å². The molecule has 0 aliphatic rings. The minimum atomic E-state index is -0.271. The van der Waals surface area contributed by atoms with Crippen LogP contribution in [0.1, 0.15) is 28.5 Å². The van der Waals surface area contributed by atoms with Crippen LogP contribution in [0.15, 0.2) is 66.9 Å². The second-order valence-corrected chi connectivity index (χ2v) is 6.17. The number of halogens is 1. The lowest BCUT2D eigenvalue weighted by Crippen LogP contribution is -2.26. The Morgan fingerprint density at radius 3 is 2.44 bits per heavy atom. The number of hydrogen-bond donors (Lipinski definition) is 2. The predicted molar refractivity (Wildman–Crippen MR) is 106 cm³/mol. The van der Waals surface area contributed by atoms with Gasteiger partial charge in [-0.05, 0) is 48.2 Å². The Kier molecular flexibility index (Phi) is 6.15. The zero-order valence-electron chi connectivity index (χ0n) is 15.2. The standard InChI is InChI=1S/C22H22FN3O/c1-2-16-7-4-6-10-20(16)26-18-11-12-21(25-15-18)22(27)24-14-13-17-8-3-5-9-19(17)23/h3-12,15,26H,2,13-14H2,1H3,(H,24,27). The van der Waals surface area contributed by atoms with Gasteiger partial charge in [-0.25, -0.2) is 9.37 Å². The fraction of sp³-hybridized carbons (Fsp3) is 0.182. The smallest absolute Gasteiger partial charge is 0.269 e. The topological polar surface area (TPSA) is 54.0 Å². The van der Waals surface area contributed by atoms with Crippen LogP contribution in [0, 0.1) is 5.82 Å². The Labute approximate surface area is 158 Å². The minimum Gasteiger partial charge on any atom is -0.354 e. The second kappa shape index (κ2) is 8.94. The van der Waals surface area contributed by atoms with Crippen molar-refractivity contribution in [2.24, 2.45) is 0 Å². The first-order valence-corrected chi connectivity index (χ1v) is 9.00. The fourth-order valence-electron chi connectivity index (χ4n) is 2.81. The molecule has 5 heteroatoms. The van der Waals surface area contributed by atoms with Gasteiger partial charge < -0.3 is 10.6 Å². The summed E-state index contributed by atoms with van der Waals surface area (Å²) in [6.45, 7) is 2.46. The Hall–Kier alpha value is -3.21. The van der Waals surface area contributed by atoms with E-state index in [-0.39, 0.29) is 11.7 Å². The number of amides is 1. The van der Waals surface area contributed by atoms with Crippen molar-refractivity contribution in [2.45, 2.75) is 19.8 Å². The van der Waals surface area contributed by atoms with E-state index in [4.69, 9.17) is 0 Å². The van der Waals surface area contributed by atoms with Crippen LogP contribution in [0.3, 0.4) is 0 Å². The fourth-order valence-corrected chi connectivity index (χ4v) is 2.81. The summed E-state index contributed by atoms with van der Waals surface area (Å²) in [4.78, 5) is 16.4. The molecule has 0 saturated carbocycles. The van der Waals surface area contributed by atoms with Crippen LogP contribution in [0.25, 0.3) is 0 Å². The number of carbonyl (C=O) groups excluding carboxylic acids is 1. The summed E-state index contributed by atoms with van der Waals surface area (Å²) in [7, 11) is 0. The van der Waals surface area contributed by atoms with E-state index < -0.39 is 0 Å². The number of pyridine rings is 1. The van der Waals surface area contributed by atoms with Crippen molar-refractivity contribution in [3.63, 3.8) is 0 Å². The van der Waals surface area contributed by atoms with Gasteiger partial charge in [-0.15, -0.1) is 0 Å². The molecule has 4 nitrogen and oxygen atoms in total. The number of rotatable bonds is 7. The number of nitrogens with zero attached hydrogens (tertiary/aromatic N) is 1. The van der Waals surface area contributed by atoms with Gasteiger partial charge in [-0.1, -0.05) is 43.3 Å². The van der Waals surface area contributed by atoms with Gasteiger partial charge in [0.25, 0.3) is 5.91 Å². The number of aromatic nitrogens is 1. The molecule has 0 atom stereocenters. The highest BCUT2D eigenvalue weighted by Crippen LogP contribution is 2.20. The van der Waals surface area contributed by atoms with E-state index in [1.807, 2.05) is 24.3 Å². The summed E-state index contributed by atoms with van der Waals surface area (Å²) in [5, 5.41) is 6.10. The number of hydrogen-bond acceptors (Lipinski definition) is 3. The summed E-state index contributed by atoms with van der Waals surface area (Å²) >= 11 is 0. The zero-order chi connectivity index (χ0) is 19.1. The molecule has 0 fully saturated rings. The summed E-state index contributed by atoms with van der Waals surface area (Å²) < 4.78 is 13.6. The molecule has 1 heterocycles. The highest BCUT2D eigenvalue weighted by Gasteiger charge is 2.08. The van der Waals surface area contributed by atoms with Gasteiger partial charge in [0.15, 0.2) is 0 Å². The monoisotopic (exact) mass is 363 g/mol. The lowest BCUT2D eigenvalue weighted by Gasteiger charge is -2.11. The first-order chi connectivity index (χ1) is 13.2. The Morgan fingerprint density at radius 2 is 1.74 bits per heavy atom. The molecule has 0 unspecified atom stereocenters. The van der Waals surface area contributed by atoms with Crippen molar-refractivity contribution in [1.82, 2.24) is 10.3 Å². The van der Waals surface area contributed by atoms with Crippen LogP contribution in [-0.4, -0.2) is 17.4 Å². The van der Waals surface area contributed by atoms with Crippen LogP contribution in [-0.2, 0) is 12.8 Å². The molecule has 1 aromatic heterocycles. The number of carbonyl (C=O) groups is 1. The quantitative estimate of drug-likeness (QED) is 0.650. The summed E-state index contributed by atoms with van der Waals surface area (Å²) in [5.41, 5.74) is 3.98. The first-order valence-electron chi connectivity index (χ1n) is 9.00. The highest BCUT2D eigenvalue weighted by atomic mass is 19.1. The largest absolute Gasteiger partial charge is 0.354 e. The average Bonchev–Trinajstić information content (AvgIpc) is 2.70. The maximum atomic E-state index is 13.6. The molecule has 0 bridgehead atoms. The third-order valence-electron chi connectivity index (χ3n) is 4.31. The van der Waals surface area contributed by atoms with E-state index in [9.17, 15) is 9.18 Å². The maximum absolute atomic E-state index is 13.6. The summed E-state index contributed by atoms with van der Waals surface area (Å²) in [6, 6.07) is 18.1. The number of nitrogens with one attached hydrogen (secondary N) is 2. The molecule has 3 aromatic rings. The van der Waals surface area contributed by atoms with Crippen LogP contribution < -0.4 is 10.6 Å². The molecule has 0 aliphatic carbocycles. The van der Waals surface area contributed by atoms with Crippen LogP contribution in [0.4, 0.5) is 15.8 Å². The van der Waals surface area contributed by atoms with Crippen molar-refractivity contribution in [1.29, 1.82) is 0 Å². The molecule has 0 radical (unpaired) electrons. The maximum Gasteiger partial charge on any atom is 0.269 e. The van der Waals surface area contributed by atoms with Gasteiger partial charge in [0.1, 0.15) is 11.5 Å². The number of aryl methyl sites for hydroxylation is 1. The van der Waals surface area contributed by atoms with Crippen LogP contribution in [0.2, 0.25) is 0 Å². The highest BCUT2D eigenvalue weighted by molar-refractivity contribution is 5.92. The molecule has 0 spiro atoms.